The first-order valence-electron chi connectivity index (χ1n) is 8.52. The number of benzene rings is 1. The van der Waals surface area contributed by atoms with E-state index in [1.807, 2.05) is 0 Å². The van der Waals surface area contributed by atoms with E-state index in [4.69, 9.17) is 4.42 Å². The van der Waals surface area contributed by atoms with Gasteiger partial charge in [-0.3, -0.25) is 9.52 Å². The van der Waals surface area contributed by atoms with Crippen LogP contribution in [0.3, 0.4) is 0 Å². The first-order valence-corrected chi connectivity index (χ1v) is 10.0. The van der Waals surface area contributed by atoms with Gasteiger partial charge < -0.3 is 14.3 Å². The fourth-order valence-corrected chi connectivity index (χ4v) is 4.09. The van der Waals surface area contributed by atoms with Gasteiger partial charge in [0.1, 0.15) is 10.6 Å². The fourth-order valence-electron chi connectivity index (χ4n) is 3.05. The number of nitrogens with zero attached hydrogens (tertiary/aromatic N) is 2. The molecule has 140 valence electrons. The molecule has 0 unspecified atom stereocenters. The Morgan fingerprint density at radius 2 is 2.04 bits per heavy atom. The molecule has 9 heteroatoms. The number of sulfonamides is 1. The van der Waals surface area contributed by atoms with Gasteiger partial charge in [-0.25, -0.2) is 13.4 Å². The lowest BCUT2D eigenvalue weighted by atomic mass is 10.2. The Balaban J connectivity index is 1.54. The van der Waals surface area contributed by atoms with E-state index in [0.29, 0.717) is 30.1 Å². The van der Waals surface area contributed by atoms with E-state index in [0.717, 1.165) is 12.8 Å². The quantitative estimate of drug-likeness (QED) is 0.701. The number of oxazole rings is 1. The van der Waals surface area contributed by atoms with Crippen molar-refractivity contribution < 1.29 is 17.6 Å². The van der Waals surface area contributed by atoms with Crippen molar-refractivity contribution in [1.29, 1.82) is 0 Å². The molecule has 0 bridgehead atoms. The largest absolute Gasteiger partial charge is 0.444 e. The van der Waals surface area contributed by atoms with Crippen LogP contribution in [-0.4, -0.2) is 42.3 Å². The number of aromatic nitrogens is 2. The van der Waals surface area contributed by atoms with E-state index in [-0.39, 0.29) is 16.5 Å². The molecule has 3 heterocycles. The van der Waals surface area contributed by atoms with Crippen LogP contribution in [-0.2, 0) is 10.0 Å². The second-order valence-electron chi connectivity index (χ2n) is 6.30. The van der Waals surface area contributed by atoms with Gasteiger partial charge in [-0.05, 0) is 31.0 Å². The smallest absolute Gasteiger partial charge is 0.270 e. The van der Waals surface area contributed by atoms with Crippen molar-refractivity contribution in [3.8, 4) is 11.3 Å². The van der Waals surface area contributed by atoms with Crippen LogP contribution < -0.4 is 4.72 Å². The molecule has 0 saturated carbocycles. The second-order valence-corrected chi connectivity index (χ2v) is 7.98. The van der Waals surface area contributed by atoms with E-state index in [9.17, 15) is 13.2 Å². The molecule has 1 aliphatic rings. The maximum atomic E-state index is 12.7. The highest BCUT2D eigenvalue weighted by atomic mass is 32.2. The third kappa shape index (κ3) is 3.59. The number of H-pyrrole nitrogens is 1. The number of likely N-dealkylation sites (tertiary alicyclic amines) is 1. The number of rotatable bonds is 5. The Bertz CT molecular complexity index is 1050. The molecule has 27 heavy (non-hydrogen) atoms. The SMILES string of the molecule is O=C(c1cc(S(=O)(=O)Nc2cccc(-c3cnco3)c2)c[nH]1)N1CCCC1. The summed E-state index contributed by atoms with van der Waals surface area (Å²) in [5.74, 6) is 0.359. The van der Waals surface area contributed by atoms with Gasteiger partial charge in [0.25, 0.3) is 15.9 Å². The molecule has 1 amide bonds. The minimum absolute atomic E-state index is 0.00937. The number of anilines is 1. The number of nitrogens with one attached hydrogen (secondary N) is 2. The monoisotopic (exact) mass is 386 g/mol. The van der Waals surface area contributed by atoms with Gasteiger partial charge in [0.05, 0.1) is 6.20 Å². The minimum Gasteiger partial charge on any atom is -0.444 e. The van der Waals surface area contributed by atoms with Gasteiger partial charge in [0.2, 0.25) is 0 Å². The Morgan fingerprint density at radius 3 is 2.78 bits per heavy atom. The number of hydrogen-bond acceptors (Lipinski definition) is 5. The zero-order valence-corrected chi connectivity index (χ0v) is 15.2. The van der Waals surface area contributed by atoms with Crippen LogP contribution in [0.4, 0.5) is 5.69 Å². The van der Waals surface area contributed by atoms with Crippen LogP contribution in [0.25, 0.3) is 11.3 Å². The van der Waals surface area contributed by atoms with Crippen molar-refractivity contribution in [2.45, 2.75) is 17.7 Å². The van der Waals surface area contributed by atoms with Crippen molar-refractivity contribution in [2.75, 3.05) is 17.8 Å². The summed E-state index contributed by atoms with van der Waals surface area (Å²) in [4.78, 5) is 20.7. The number of amides is 1. The Kier molecular flexibility index (Phi) is 4.44. The molecule has 8 nitrogen and oxygen atoms in total. The van der Waals surface area contributed by atoms with E-state index >= 15 is 0 Å². The highest BCUT2D eigenvalue weighted by molar-refractivity contribution is 7.92. The number of carbonyl (C=O) groups excluding carboxylic acids is 1. The van der Waals surface area contributed by atoms with Crippen LogP contribution in [0.15, 0.2) is 58.4 Å². The Hall–Kier alpha value is -3.07. The summed E-state index contributed by atoms with van der Waals surface area (Å²) in [6, 6.07) is 8.17. The van der Waals surface area contributed by atoms with E-state index in [2.05, 4.69) is 14.7 Å². The first kappa shape index (κ1) is 17.3. The molecule has 0 aliphatic carbocycles. The molecule has 3 aromatic rings. The standard InChI is InChI=1S/C18H18N4O4S/c23-18(22-6-1-2-7-22)16-9-15(10-20-16)27(24,25)21-14-5-3-4-13(8-14)17-11-19-12-26-17/h3-5,8-12,20-21H,1-2,6-7H2. The normalized spacial score (nSPS) is 14.4. The average molecular weight is 386 g/mol. The van der Waals surface area contributed by atoms with Crippen molar-refractivity contribution >= 4 is 21.6 Å². The molecule has 0 atom stereocenters. The van der Waals surface area contributed by atoms with Gasteiger partial charge in [0.15, 0.2) is 12.2 Å². The van der Waals surface area contributed by atoms with Crippen LogP contribution in [0.1, 0.15) is 23.3 Å². The minimum atomic E-state index is -3.83. The summed E-state index contributed by atoms with van der Waals surface area (Å²) in [6.07, 6.45) is 6.13. The zero-order valence-electron chi connectivity index (χ0n) is 14.4. The van der Waals surface area contributed by atoms with E-state index in [1.54, 1.807) is 35.4 Å². The number of carbonyl (C=O) groups is 1. The lowest BCUT2D eigenvalue weighted by molar-refractivity contribution is 0.0787. The van der Waals surface area contributed by atoms with Crippen molar-refractivity contribution in [3.05, 3.63) is 54.8 Å². The average Bonchev–Trinajstić information content (AvgIpc) is 3.44. The third-order valence-corrected chi connectivity index (χ3v) is 5.78. The predicted molar refractivity (Wildman–Crippen MR) is 98.7 cm³/mol. The number of hydrogen-bond donors (Lipinski definition) is 2. The van der Waals surface area contributed by atoms with Gasteiger partial charge in [-0.1, -0.05) is 12.1 Å². The fraction of sp³-hybridized carbons (Fsp3) is 0.222. The molecule has 1 saturated heterocycles. The van der Waals surface area contributed by atoms with Gasteiger partial charge in [0, 0.05) is 30.5 Å². The molecule has 1 aliphatic heterocycles. The highest BCUT2D eigenvalue weighted by Gasteiger charge is 2.23. The summed E-state index contributed by atoms with van der Waals surface area (Å²) < 4.78 is 33.1. The van der Waals surface area contributed by atoms with Gasteiger partial charge in [-0.2, -0.15) is 0 Å². The Labute approximate surface area is 156 Å². The van der Waals surface area contributed by atoms with E-state index < -0.39 is 10.0 Å². The summed E-state index contributed by atoms with van der Waals surface area (Å²) in [5.41, 5.74) is 1.36. The molecule has 0 spiro atoms. The molecule has 0 radical (unpaired) electrons. The summed E-state index contributed by atoms with van der Waals surface area (Å²) >= 11 is 0. The highest BCUT2D eigenvalue weighted by Crippen LogP contribution is 2.24. The number of aromatic amines is 1. The topological polar surface area (TPSA) is 108 Å². The molecular weight excluding hydrogens is 368 g/mol. The van der Waals surface area contributed by atoms with Crippen LogP contribution in [0, 0.1) is 0 Å². The molecule has 1 aromatic carbocycles. The van der Waals surface area contributed by atoms with Crippen LogP contribution in [0.2, 0.25) is 0 Å². The van der Waals surface area contributed by atoms with Crippen molar-refractivity contribution in [2.24, 2.45) is 0 Å². The molecule has 4 rings (SSSR count). The summed E-state index contributed by atoms with van der Waals surface area (Å²) in [5, 5.41) is 0. The first-order chi connectivity index (χ1) is 13.0. The Morgan fingerprint density at radius 1 is 1.22 bits per heavy atom. The predicted octanol–water partition coefficient (Wildman–Crippen LogP) is 2.71. The van der Waals surface area contributed by atoms with Crippen LogP contribution >= 0.6 is 0 Å². The molecule has 2 aromatic heterocycles. The lowest BCUT2D eigenvalue weighted by Crippen LogP contribution is -2.27. The second kappa shape index (κ2) is 6.92. The summed E-state index contributed by atoms with van der Waals surface area (Å²) in [6.45, 7) is 1.40. The molecular formula is C18H18N4O4S. The third-order valence-electron chi connectivity index (χ3n) is 4.42. The van der Waals surface area contributed by atoms with Gasteiger partial charge in [-0.15, -0.1) is 0 Å². The zero-order chi connectivity index (χ0) is 18.9. The maximum Gasteiger partial charge on any atom is 0.270 e. The summed E-state index contributed by atoms with van der Waals surface area (Å²) in [7, 11) is -3.83. The van der Waals surface area contributed by atoms with Crippen molar-refractivity contribution in [3.63, 3.8) is 0 Å². The van der Waals surface area contributed by atoms with Crippen LogP contribution in [0.5, 0.6) is 0 Å². The van der Waals surface area contributed by atoms with E-state index in [1.165, 1.54) is 18.7 Å². The maximum absolute atomic E-state index is 12.7. The lowest BCUT2D eigenvalue weighted by Gasteiger charge is -2.13. The van der Waals surface area contributed by atoms with Gasteiger partial charge >= 0.3 is 0 Å². The molecule has 2 N–H and O–H groups in total. The van der Waals surface area contributed by atoms with Crippen molar-refractivity contribution in [1.82, 2.24) is 14.9 Å². The molecule has 1 fully saturated rings.